The molecule has 0 aliphatic carbocycles. The van der Waals surface area contributed by atoms with Gasteiger partial charge in [-0.25, -0.2) is 4.79 Å². The predicted octanol–water partition coefficient (Wildman–Crippen LogP) is -0.206. The second-order valence-electron chi connectivity index (χ2n) is 6.46. The summed E-state index contributed by atoms with van der Waals surface area (Å²) in [6.45, 7) is 4.28. The van der Waals surface area contributed by atoms with Gasteiger partial charge in [-0.05, 0) is 25.0 Å². The van der Waals surface area contributed by atoms with Crippen LogP contribution in [0.3, 0.4) is 0 Å². The fraction of sp³-hybridized carbons (Fsp3) is 0.529. The molecule has 148 valence electrons. The molecule has 1 aromatic heterocycles. The average molecular weight is 399 g/mol. The molecule has 0 spiro atoms. The van der Waals surface area contributed by atoms with E-state index in [1.54, 1.807) is 19.9 Å². The smallest absolute Gasteiger partial charge is 0.396 e. The molecule has 4 N–H and O–H groups in total. The molecule has 5 atom stereocenters. The molecule has 0 radical (unpaired) electrons. The molecule has 0 unspecified atom stereocenters. The maximum atomic E-state index is 11.5. The first kappa shape index (κ1) is 19.8. The molecule has 3 rings (SSSR count). The van der Waals surface area contributed by atoms with Crippen molar-refractivity contribution in [3.05, 3.63) is 26.9 Å². The summed E-state index contributed by atoms with van der Waals surface area (Å²) in [4.78, 5) is 22.6. The molecule has 1 aromatic carbocycles. The van der Waals surface area contributed by atoms with Crippen molar-refractivity contribution >= 4 is 27.5 Å². The Hall–Kier alpha value is -1.98. The van der Waals surface area contributed by atoms with Crippen molar-refractivity contribution in [3.8, 4) is 5.75 Å². The number of aryl methyl sites for hydroxylation is 1. The second-order valence-corrected chi connectivity index (χ2v) is 7.43. The lowest BCUT2D eigenvalue weighted by molar-refractivity contribution is -0.244. The Morgan fingerprint density at radius 2 is 2.00 bits per heavy atom. The number of hydrogen-bond acceptors (Lipinski definition) is 9. The van der Waals surface area contributed by atoms with Crippen LogP contribution in [0.5, 0.6) is 5.75 Å². The van der Waals surface area contributed by atoms with E-state index in [4.69, 9.17) is 13.9 Å². The van der Waals surface area contributed by atoms with Gasteiger partial charge in [0.15, 0.2) is 5.58 Å². The molecule has 1 saturated heterocycles. The summed E-state index contributed by atoms with van der Waals surface area (Å²) in [6, 6.07) is 0.561. The predicted molar refractivity (Wildman–Crippen MR) is 95.8 cm³/mol. The Bertz CT molecular complexity index is 906. The number of fused-ring (bicyclic) bond motifs is 1. The number of ether oxygens (including phenoxy) is 2. The van der Waals surface area contributed by atoms with Gasteiger partial charge < -0.3 is 34.5 Å². The Labute approximate surface area is 158 Å². The van der Waals surface area contributed by atoms with Crippen LogP contribution < -0.4 is 15.0 Å². The van der Waals surface area contributed by atoms with Crippen LogP contribution in [0.2, 0.25) is 0 Å². The number of benzene rings is 1. The molecule has 1 fully saturated rings. The van der Waals surface area contributed by atoms with Crippen molar-refractivity contribution < 1.29 is 34.0 Å². The van der Waals surface area contributed by atoms with Gasteiger partial charge in [-0.1, -0.05) is 11.3 Å². The van der Waals surface area contributed by atoms with E-state index in [1.165, 1.54) is 6.92 Å². The number of nitrogens with one attached hydrogen (secondary N) is 1. The highest BCUT2D eigenvalue weighted by Crippen LogP contribution is 2.33. The third kappa shape index (κ3) is 3.71. The summed E-state index contributed by atoms with van der Waals surface area (Å²) in [6.07, 6.45) is -5.04. The first-order chi connectivity index (χ1) is 12.7. The second kappa shape index (κ2) is 7.56. The molecule has 9 nitrogen and oxygen atoms in total. The van der Waals surface area contributed by atoms with Crippen molar-refractivity contribution in [3.63, 3.8) is 0 Å². The van der Waals surface area contributed by atoms with Gasteiger partial charge in [-0.3, -0.25) is 4.79 Å². The molecule has 0 bridgehead atoms. The molecule has 0 saturated carbocycles. The van der Waals surface area contributed by atoms with Gasteiger partial charge in [0.25, 0.3) is 0 Å². The SMILES string of the molecule is CC(=O)N[C@@H]1[C@@H](Oc2cc3sc(=O)oc3c(C)c2C)O[C@@H](CO)[C@@H](O)[C@H]1O. The molecule has 27 heavy (non-hydrogen) atoms. The third-order valence-electron chi connectivity index (χ3n) is 4.63. The summed E-state index contributed by atoms with van der Waals surface area (Å²) in [7, 11) is 0. The fourth-order valence-electron chi connectivity index (χ4n) is 3.05. The van der Waals surface area contributed by atoms with E-state index >= 15 is 0 Å². The zero-order valence-electron chi connectivity index (χ0n) is 15.0. The number of rotatable bonds is 4. The van der Waals surface area contributed by atoms with E-state index in [2.05, 4.69) is 5.32 Å². The monoisotopic (exact) mass is 399 g/mol. The number of amides is 1. The van der Waals surface area contributed by atoms with Crippen molar-refractivity contribution in [2.75, 3.05) is 6.61 Å². The Kier molecular flexibility index (Phi) is 5.54. The number of aliphatic hydroxyl groups excluding tert-OH is 3. The highest BCUT2D eigenvalue weighted by molar-refractivity contribution is 7.16. The molecule has 1 aliphatic rings. The van der Waals surface area contributed by atoms with Crippen molar-refractivity contribution in [1.82, 2.24) is 5.32 Å². The lowest BCUT2D eigenvalue weighted by Gasteiger charge is -2.42. The summed E-state index contributed by atoms with van der Waals surface area (Å²) in [5.74, 6) is -0.0695. The minimum absolute atomic E-state index is 0.373. The number of carbonyl (C=O) groups excluding carboxylic acids is 1. The minimum atomic E-state index is -1.40. The van der Waals surface area contributed by atoms with Crippen LogP contribution in [-0.2, 0) is 9.53 Å². The van der Waals surface area contributed by atoms with Gasteiger partial charge in [-0.15, -0.1) is 0 Å². The zero-order chi connectivity index (χ0) is 19.9. The molecule has 2 heterocycles. The molecular formula is C17H21NO8S. The maximum Gasteiger partial charge on any atom is 0.396 e. The number of aliphatic hydroxyl groups is 3. The van der Waals surface area contributed by atoms with E-state index in [9.17, 15) is 24.9 Å². The molecule has 10 heteroatoms. The molecule has 2 aromatic rings. The molecule has 1 amide bonds. The first-order valence-corrected chi connectivity index (χ1v) is 9.14. The van der Waals surface area contributed by atoms with Crippen LogP contribution >= 0.6 is 11.3 Å². The van der Waals surface area contributed by atoms with Crippen LogP contribution in [0.1, 0.15) is 18.1 Å². The maximum absolute atomic E-state index is 11.5. The van der Waals surface area contributed by atoms with Gasteiger partial charge in [0.1, 0.15) is 30.1 Å². The summed E-state index contributed by atoms with van der Waals surface area (Å²) in [5.41, 5.74) is 1.88. The Morgan fingerprint density at radius 1 is 1.30 bits per heavy atom. The molecule has 1 aliphatic heterocycles. The topological polar surface area (TPSA) is 138 Å². The van der Waals surface area contributed by atoms with Crippen LogP contribution in [-0.4, -0.2) is 58.5 Å². The lowest BCUT2D eigenvalue weighted by Crippen LogP contribution is -2.65. The standard InChI is InChI=1S/C17H21NO8S/c1-6-7(2)15-11(27-17(23)26-15)4-9(6)24-16-12(18-8(3)20)14(22)13(21)10(5-19)25-16/h4,10,12-14,16,19,21-22H,5H2,1-3H3,(H,18,20)/t10-,12-,13+,14-,16-/m0/s1. The normalized spacial score (nSPS) is 28.3. The summed E-state index contributed by atoms with van der Waals surface area (Å²) >= 11 is 0.926. The Morgan fingerprint density at radius 3 is 2.63 bits per heavy atom. The summed E-state index contributed by atoms with van der Waals surface area (Å²) in [5, 5.41) is 32.3. The van der Waals surface area contributed by atoms with Crippen LogP contribution in [0, 0.1) is 13.8 Å². The largest absolute Gasteiger partial charge is 0.462 e. The van der Waals surface area contributed by atoms with Crippen LogP contribution in [0.15, 0.2) is 15.3 Å². The fourth-order valence-corrected chi connectivity index (χ4v) is 3.81. The van der Waals surface area contributed by atoms with E-state index in [0.717, 1.165) is 11.3 Å². The van der Waals surface area contributed by atoms with Gasteiger partial charge >= 0.3 is 4.94 Å². The highest BCUT2D eigenvalue weighted by atomic mass is 32.1. The first-order valence-electron chi connectivity index (χ1n) is 8.33. The van der Waals surface area contributed by atoms with Crippen molar-refractivity contribution in [1.29, 1.82) is 0 Å². The van der Waals surface area contributed by atoms with Crippen molar-refractivity contribution in [2.24, 2.45) is 0 Å². The van der Waals surface area contributed by atoms with Crippen LogP contribution in [0.25, 0.3) is 10.3 Å². The minimum Gasteiger partial charge on any atom is -0.462 e. The van der Waals surface area contributed by atoms with Gasteiger partial charge in [0.2, 0.25) is 12.2 Å². The lowest BCUT2D eigenvalue weighted by atomic mass is 9.97. The highest BCUT2D eigenvalue weighted by Gasteiger charge is 2.46. The molecular weight excluding hydrogens is 378 g/mol. The van der Waals surface area contributed by atoms with Gasteiger partial charge in [0, 0.05) is 13.0 Å². The van der Waals surface area contributed by atoms with E-state index < -0.39 is 48.1 Å². The van der Waals surface area contributed by atoms with E-state index in [1.807, 2.05) is 0 Å². The quantitative estimate of drug-likeness (QED) is 0.554. The Balaban J connectivity index is 1.97. The number of hydrogen-bond donors (Lipinski definition) is 4. The van der Waals surface area contributed by atoms with Gasteiger partial charge in [0.05, 0.1) is 11.3 Å². The third-order valence-corrected chi connectivity index (χ3v) is 5.40. The van der Waals surface area contributed by atoms with Gasteiger partial charge in [-0.2, -0.15) is 0 Å². The summed E-state index contributed by atoms with van der Waals surface area (Å²) < 4.78 is 17.2. The average Bonchev–Trinajstić information content (AvgIpc) is 2.99. The van der Waals surface area contributed by atoms with E-state index in [-0.39, 0.29) is 0 Å². The van der Waals surface area contributed by atoms with Crippen LogP contribution in [0.4, 0.5) is 0 Å². The van der Waals surface area contributed by atoms with E-state index in [0.29, 0.717) is 27.2 Å². The zero-order valence-corrected chi connectivity index (χ0v) is 15.8. The van der Waals surface area contributed by atoms with Crippen molar-refractivity contribution in [2.45, 2.75) is 51.4 Å². The number of carbonyl (C=O) groups is 1.